The molecule has 0 heterocycles. The van der Waals surface area contributed by atoms with E-state index < -0.39 is 9.85 Å². The molecule has 2 aromatic rings. The second-order valence-corrected chi connectivity index (χ2v) is 5.86. The van der Waals surface area contributed by atoms with Crippen LogP contribution < -0.4 is 11.1 Å². The van der Waals surface area contributed by atoms with Crippen LogP contribution in [0, 0.1) is 34.1 Å². The molecule has 25 heavy (non-hydrogen) atoms. The van der Waals surface area contributed by atoms with Crippen molar-refractivity contribution in [1.82, 2.24) is 0 Å². The highest BCUT2D eigenvalue weighted by Crippen LogP contribution is 2.30. The average Bonchev–Trinajstić information content (AvgIpc) is 2.53. The Bertz CT molecular complexity index is 828. The number of rotatable bonds is 3. The number of nitro groups is 2. The number of benzene rings is 2. The number of aryl methyl sites for hydroxylation is 2. The van der Waals surface area contributed by atoms with Crippen molar-refractivity contribution in [2.45, 2.75) is 13.8 Å². The van der Waals surface area contributed by atoms with Gasteiger partial charge in [0, 0.05) is 29.2 Å². The zero-order valence-corrected chi connectivity index (χ0v) is 15.2. The first kappa shape index (κ1) is 20.5. The Labute approximate surface area is 153 Å². The Morgan fingerprint density at radius 3 is 1.80 bits per heavy atom. The highest BCUT2D eigenvalue weighted by Gasteiger charge is 2.14. The van der Waals surface area contributed by atoms with Crippen LogP contribution >= 0.6 is 23.2 Å². The second-order valence-electron chi connectivity index (χ2n) is 5.04. The third-order valence-corrected chi connectivity index (χ3v) is 4.06. The van der Waals surface area contributed by atoms with Crippen molar-refractivity contribution in [3.05, 3.63) is 65.7 Å². The van der Waals surface area contributed by atoms with Gasteiger partial charge in [0.25, 0.3) is 11.4 Å². The molecule has 0 unspecified atom stereocenters. The minimum atomic E-state index is -0.529. The van der Waals surface area contributed by atoms with E-state index in [1.54, 1.807) is 27.0 Å². The quantitative estimate of drug-likeness (QED) is 0.445. The van der Waals surface area contributed by atoms with Gasteiger partial charge >= 0.3 is 0 Å². The molecule has 0 fully saturated rings. The van der Waals surface area contributed by atoms with E-state index in [0.29, 0.717) is 26.9 Å². The maximum Gasteiger partial charge on any atom is 0.292 e. The highest BCUT2D eigenvalue weighted by atomic mass is 35.5. The number of nitro benzene ring substituents is 2. The van der Waals surface area contributed by atoms with Crippen LogP contribution in [-0.2, 0) is 0 Å². The maximum atomic E-state index is 10.6. The molecule has 0 aliphatic carbocycles. The summed E-state index contributed by atoms with van der Waals surface area (Å²) in [7, 11) is 1.62. The van der Waals surface area contributed by atoms with Crippen molar-refractivity contribution in [2.24, 2.45) is 0 Å². The third kappa shape index (κ3) is 5.20. The fraction of sp³-hybridized carbons (Fsp3) is 0.200. The van der Waals surface area contributed by atoms with Gasteiger partial charge in [-0.05, 0) is 37.1 Å². The molecule has 3 N–H and O–H groups in total. The van der Waals surface area contributed by atoms with E-state index in [2.05, 4.69) is 5.32 Å². The lowest BCUT2D eigenvalue weighted by Crippen LogP contribution is -1.97. The number of nitrogens with two attached hydrogens (primary N) is 1. The van der Waals surface area contributed by atoms with E-state index in [1.165, 1.54) is 18.2 Å². The lowest BCUT2D eigenvalue weighted by atomic mass is 10.2. The Morgan fingerprint density at radius 1 is 0.920 bits per heavy atom. The number of hydrogen-bond acceptors (Lipinski definition) is 6. The fourth-order valence-corrected chi connectivity index (χ4v) is 2.19. The van der Waals surface area contributed by atoms with Gasteiger partial charge in [-0.1, -0.05) is 23.2 Å². The summed E-state index contributed by atoms with van der Waals surface area (Å²) in [6, 6.07) is 5.75. The van der Waals surface area contributed by atoms with Crippen molar-refractivity contribution in [1.29, 1.82) is 0 Å². The predicted octanol–water partition coefficient (Wildman–Crippen LogP) is 4.74. The van der Waals surface area contributed by atoms with Gasteiger partial charge in [0.15, 0.2) is 0 Å². The zero-order valence-electron chi connectivity index (χ0n) is 13.7. The minimum Gasteiger partial charge on any atom is -0.393 e. The molecule has 0 aliphatic heterocycles. The summed E-state index contributed by atoms with van der Waals surface area (Å²) in [6.07, 6.45) is 0. The molecule has 0 saturated carbocycles. The Balaban J connectivity index is 0.000000251. The van der Waals surface area contributed by atoms with E-state index in [1.807, 2.05) is 0 Å². The fourth-order valence-electron chi connectivity index (χ4n) is 1.86. The van der Waals surface area contributed by atoms with Crippen molar-refractivity contribution < 1.29 is 9.85 Å². The molecule has 8 nitrogen and oxygen atoms in total. The van der Waals surface area contributed by atoms with Crippen LogP contribution in [0.1, 0.15) is 11.1 Å². The van der Waals surface area contributed by atoms with Crippen molar-refractivity contribution in [3.63, 3.8) is 0 Å². The summed E-state index contributed by atoms with van der Waals surface area (Å²) in [5.41, 5.74) is 7.19. The zero-order chi connectivity index (χ0) is 19.3. The molecule has 0 amide bonds. The van der Waals surface area contributed by atoms with E-state index in [-0.39, 0.29) is 17.1 Å². The van der Waals surface area contributed by atoms with Crippen molar-refractivity contribution >= 4 is 46.0 Å². The number of halogens is 2. The lowest BCUT2D eigenvalue weighted by molar-refractivity contribution is -0.384. The average molecular weight is 387 g/mol. The van der Waals surface area contributed by atoms with Gasteiger partial charge in [-0.3, -0.25) is 20.2 Å². The largest absolute Gasteiger partial charge is 0.393 e. The molecule has 0 bridgehead atoms. The van der Waals surface area contributed by atoms with Gasteiger partial charge in [-0.25, -0.2) is 0 Å². The third-order valence-electron chi connectivity index (χ3n) is 3.25. The van der Waals surface area contributed by atoms with Crippen LogP contribution in [0.5, 0.6) is 0 Å². The van der Waals surface area contributed by atoms with Gasteiger partial charge in [0.2, 0.25) is 0 Å². The van der Waals surface area contributed by atoms with Gasteiger partial charge in [-0.15, -0.1) is 0 Å². The van der Waals surface area contributed by atoms with Crippen LogP contribution in [0.4, 0.5) is 22.7 Å². The maximum absolute atomic E-state index is 10.6. The molecule has 0 saturated heterocycles. The topological polar surface area (TPSA) is 124 Å². The minimum absolute atomic E-state index is 0.0457. The molecule has 134 valence electrons. The van der Waals surface area contributed by atoms with Gasteiger partial charge in [-0.2, -0.15) is 0 Å². The van der Waals surface area contributed by atoms with Crippen LogP contribution in [0.3, 0.4) is 0 Å². The summed E-state index contributed by atoms with van der Waals surface area (Å²) in [5.74, 6) is 0. The second kappa shape index (κ2) is 8.50. The summed E-state index contributed by atoms with van der Waals surface area (Å²) >= 11 is 11.5. The molecule has 0 spiro atoms. The van der Waals surface area contributed by atoms with E-state index >= 15 is 0 Å². The predicted molar refractivity (Wildman–Crippen MR) is 99.6 cm³/mol. The Hall–Kier alpha value is -2.58. The summed E-state index contributed by atoms with van der Waals surface area (Å²) in [5, 5.41) is 24.6. The Morgan fingerprint density at radius 2 is 1.36 bits per heavy atom. The number of nitrogens with one attached hydrogen (secondary N) is 1. The summed E-state index contributed by atoms with van der Waals surface area (Å²) in [4.78, 5) is 20.0. The molecule has 0 aromatic heterocycles. The van der Waals surface area contributed by atoms with Crippen molar-refractivity contribution in [2.75, 3.05) is 18.1 Å². The van der Waals surface area contributed by atoms with Gasteiger partial charge in [0.1, 0.15) is 11.4 Å². The first-order valence-electron chi connectivity index (χ1n) is 6.90. The number of nitrogen functional groups attached to an aromatic ring is 1. The van der Waals surface area contributed by atoms with E-state index in [9.17, 15) is 20.2 Å². The van der Waals surface area contributed by atoms with Crippen LogP contribution in [0.25, 0.3) is 0 Å². The molecule has 0 atom stereocenters. The number of anilines is 2. The van der Waals surface area contributed by atoms with Crippen LogP contribution in [0.2, 0.25) is 10.0 Å². The first-order chi connectivity index (χ1) is 11.6. The van der Waals surface area contributed by atoms with Crippen LogP contribution in [0.15, 0.2) is 24.3 Å². The van der Waals surface area contributed by atoms with Gasteiger partial charge < -0.3 is 11.1 Å². The molecule has 0 radical (unpaired) electrons. The lowest BCUT2D eigenvalue weighted by Gasteiger charge is -2.04. The monoisotopic (exact) mass is 386 g/mol. The van der Waals surface area contributed by atoms with Crippen molar-refractivity contribution in [3.8, 4) is 0 Å². The number of hydrogen-bond donors (Lipinski definition) is 2. The standard InChI is InChI=1S/C8H9ClN2O2.C7H7ClN2O2/c1-5-3-8(11(12)13)7(10-2)4-6(5)9;1-4-2-7(10(11)12)6(9)3-5(4)8/h3-4,10H,1-2H3;2-3H,9H2,1H3. The first-order valence-corrected chi connectivity index (χ1v) is 7.66. The summed E-state index contributed by atoms with van der Waals surface area (Å²) in [6.45, 7) is 3.42. The Kier molecular flexibility index (Phi) is 6.96. The molecule has 10 heteroatoms. The SMILES string of the molecule is CNc1cc(Cl)c(C)cc1[N+](=O)[O-].Cc1cc([N+](=O)[O-])c(N)cc1Cl. The van der Waals surface area contributed by atoms with Crippen LogP contribution in [-0.4, -0.2) is 16.9 Å². The normalized spacial score (nSPS) is 9.80. The smallest absolute Gasteiger partial charge is 0.292 e. The molecule has 2 aromatic carbocycles. The van der Waals surface area contributed by atoms with E-state index in [4.69, 9.17) is 28.9 Å². The highest BCUT2D eigenvalue weighted by molar-refractivity contribution is 6.32. The molecular formula is C15H16Cl2N4O4. The number of nitrogens with zero attached hydrogens (tertiary/aromatic N) is 2. The summed E-state index contributed by atoms with van der Waals surface area (Å²) < 4.78 is 0. The molecule has 2 rings (SSSR count). The molecule has 0 aliphatic rings. The van der Waals surface area contributed by atoms with Gasteiger partial charge in [0.05, 0.1) is 9.85 Å². The van der Waals surface area contributed by atoms with E-state index in [0.717, 1.165) is 0 Å². The molecular weight excluding hydrogens is 371 g/mol.